The van der Waals surface area contributed by atoms with Crippen molar-refractivity contribution in [1.29, 1.82) is 0 Å². The van der Waals surface area contributed by atoms with Crippen LogP contribution in [0.15, 0.2) is 24.3 Å². The van der Waals surface area contributed by atoms with Crippen LogP contribution in [-0.4, -0.2) is 40.7 Å². The first-order valence-corrected chi connectivity index (χ1v) is 7.89. The van der Waals surface area contributed by atoms with E-state index in [0.29, 0.717) is 11.6 Å². The van der Waals surface area contributed by atoms with Crippen molar-refractivity contribution in [3.63, 3.8) is 0 Å². The molecule has 1 aromatic rings. The Labute approximate surface area is 129 Å². The zero-order valence-corrected chi connectivity index (χ0v) is 12.7. The van der Waals surface area contributed by atoms with E-state index >= 15 is 0 Å². The highest BCUT2D eigenvalue weighted by atomic mass is 35.5. The summed E-state index contributed by atoms with van der Waals surface area (Å²) in [5.41, 5.74) is -0.660. The topological polar surface area (TPSA) is 49.8 Å². The van der Waals surface area contributed by atoms with Crippen LogP contribution in [0.4, 0.5) is 0 Å². The Bertz CT molecular complexity index is 528. The van der Waals surface area contributed by atoms with E-state index in [0.717, 1.165) is 44.4 Å². The number of carbonyl (C=O) groups is 1. The van der Waals surface area contributed by atoms with Crippen LogP contribution in [-0.2, 0) is 4.79 Å². The fourth-order valence-electron chi connectivity index (χ4n) is 3.57. The highest BCUT2D eigenvalue weighted by Gasteiger charge is 2.48. The molecule has 1 aliphatic carbocycles. The zero-order valence-electron chi connectivity index (χ0n) is 11.9. The van der Waals surface area contributed by atoms with Crippen LogP contribution in [0.5, 0.6) is 5.75 Å². The van der Waals surface area contributed by atoms with E-state index < -0.39 is 11.5 Å². The third-order valence-electron chi connectivity index (χ3n) is 4.68. The van der Waals surface area contributed by atoms with Gasteiger partial charge in [0.15, 0.2) is 0 Å². The first-order valence-electron chi connectivity index (χ1n) is 7.51. The van der Waals surface area contributed by atoms with Gasteiger partial charge < -0.3 is 9.84 Å². The number of likely N-dealkylation sites (tertiary alicyclic amines) is 1. The van der Waals surface area contributed by atoms with Gasteiger partial charge in [-0.3, -0.25) is 9.69 Å². The van der Waals surface area contributed by atoms with E-state index in [2.05, 4.69) is 4.90 Å². The van der Waals surface area contributed by atoms with E-state index in [4.69, 9.17) is 16.3 Å². The van der Waals surface area contributed by atoms with Gasteiger partial charge in [0.1, 0.15) is 17.4 Å². The smallest absolute Gasteiger partial charge is 0.324 e. The Kier molecular flexibility index (Phi) is 4.09. The minimum atomic E-state index is -0.677. The number of carboxylic acid groups (broad SMARTS) is 1. The predicted molar refractivity (Wildman–Crippen MR) is 80.9 cm³/mol. The molecule has 0 aromatic heterocycles. The molecule has 2 fully saturated rings. The molecule has 1 heterocycles. The van der Waals surface area contributed by atoms with E-state index in [1.165, 1.54) is 0 Å². The molecule has 0 bridgehead atoms. The lowest BCUT2D eigenvalue weighted by Gasteiger charge is -2.34. The first-order chi connectivity index (χ1) is 10.1. The summed E-state index contributed by atoms with van der Waals surface area (Å²) < 4.78 is 5.95. The molecule has 1 atom stereocenters. The summed E-state index contributed by atoms with van der Waals surface area (Å²) in [6.45, 7) is 1.47. The van der Waals surface area contributed by atoms with Crippen molar-refractivity contribution < 1.29 is 14.6 Å². The van der Waals surface area contributed by atoms with Crippen molar-refractivity contribution in [2.45, 2.75) is 43.7 Å². The van der Waals surface area contributed by atoms with E-state index in [1.807, 2.05) is 18.2 Å². The molecule has 1 N–H and O–H groups in total. The van der Waals surface area contributed by atoms with Crippen molar-refractivity contribution in [1.82, 2.24) is 4.90 Å². The molecule has 4 nitrogen and oxygen atoms in total. The standard InChI is InChI=1S/C16H20ClNO3/c17-12-4-3-5-13(10-12)21-14-6-9-18(11-14)16(15(19)20)7-1-2-8-16/h3-5,10,14H,1-2,6-9,11H2,(H,19,20)/t14-/m1/s1. The second-order valence-electron chi connectivity index (χ2n) is 5.98. The van der Waals surface area contributed by atoms with Gasteiger partial charge in [0.05, 0.1) is 0 Å². The Balaban J connectivity index is 1.66. The van der Waals surface area contributed by atoms with Gasteiger partial charge in [-0.25, -0.2) is 0 Å². The Morgan fingerprint density at radius 2 is 2.14 bits per heavy atom. The average Bonchev–Trinajstić information content (AvgIpc) is 3.07. The fourth-order valence-corrected chi connectivity index (χ4v) is 3.75. The van der Waals surface area contributed by atoms with Crippen molar-refractivity contribution in [2.75, 3.05) is 13.1 Å². The molecule has 0 unspecified atom stereocenters. The van der Waals surface area contributed by atoms with Gasteiger partial charge in [0.2, 0.25) is 0 Å². The van der Waals surface area contributed by atoms with Crippen molar-refractivity contribution in [3.8, 4) is 5.75 Å². The molecule has 21 heavy (non-hydrogen) atoms. The largest absolute Gasteiger partial charge is 0.489 e. The van der Waals surface area contributed by atoms with Crippen LogP contribution in [0.2, 0.25) is 5.02 Å². The lowest BCUT2D eigenvalue weighted by atomic mass is 9.96. The molecule has 1 saturated heterocycles. The lowest BCUT2D eigenvalue weighted by Crippen LogP contribution is -2.52. The van der Waals surface area contributed by atoms with Crippen LogP contribution in [0, 0.1) is 0 Å². The molecule has 0 amide bonds. The highest BCUT2D eigenvalue weighted by molar-refractivity contribution is 6.30. The van der Waals surface area contributed by atoms with E-state index in [-0.39, 0.29) is 6.10 Å². The van der Waals surface area contributed by atoms with Crippen molar-refractivity contribution in [2.24, 2.45) is 0 Å². The molecular weight excluding hydrogens is 290 g/mol. The molecule has 114 valence electrons. The number of hydrogen-bond donors (Lipinski definition) is 1. The number of hydrogen-bond acceptors (Lipinski definition) is 3. The summed E-state index contributed by atoms with van der Waals surface area (Å²) in [7, 11) is 0. The predicted octanol–water partition coefficient (Wildman–Crippen LogP) is 3.19. The first kappa shape index (κ1) is 14.7. The van der Waals surface area contributed by atoms with E-state index in [9.17, 15) is 9.90 Å². The van der Waals surface area contributed by atoms with Gasteiger partial charge >= 0.3 is 5.97 Å². The van der Waals surface area contributed by atoms with Gasteiger partial charge in [-0.05, 0) is 37.5 Å². The van der Waals surface area contributed by atoms with Gasteiger partial charge in [-0.1, -0.05) is 30.5 Å². The highest BCUT2D eigenvalue weighted by Crippen LogP contribution is 2.38. The molecule has 1 aliphatic heterocycles. The quantitative estimate of drug-likeness (QED) is 0.928. The van der Waals surface area contributed by atoms with E-state index in [1.54, 1.807) is 6.07 Å². The zero-order chi connectivity index (χ0) is 14.9. The average molecular weight is 310 g/mol. The third-order valence-corrected chi connectivity index (χ3v) is 4.91. The summed E-state index contributed by atoms with van der Waals surface area (Å²) in [4.78, 5) is 13.8. The maximum Gasteiger partial charge on any atom is 0.324 e. The number of carboxylic acids is 1. The second kappa shape index (κ2) is 5.85. The molecule has 0 spiro atoms. The number of aliphatic carboxylic acids is 1. The number of ether oxygens (including phenoxy) is 1. The maximum atomic E-state index is 11.7. The molecule has 1 saturated carbocycles. The SMILES string of the molecule is O=C(O)C1(N2CC[C@@H](Oc3cccc(Cl)c3)C2)CCCC1. The van der Waals surface area contributed by atoms with Crippen LogP contribution in [0.25, 0.3) is 0 Å². The summed E-state index contributed by atoms with van der Waals surface area (Å²) >= 11 is 5.96. The van der Waals surface area contributed by atoms with Crippen molar-refractivity contribution >= 4 is 17.6 Å². The lowest BCUT2D eigenvalue weighted by molar-refractivity contribution is -0.150. The summed E-state index contributed by atoms with van der Waals surface area (Å²) in [6, 6.07) is 7.36. The molecular formula is C16H20ClNO3. The molecule has 2 aliphatic rings. The molecule has 1 aromatic carbocycles. The molecule has 3 rings (SSSR count). The third kappa shape index (κ3) is 2.87. The number of halogens is 1. The Morgan fingerprint density at radius 1 is 1.38 bits per heavy atom. The van der Waals surface area contributed by atoms with Gasteiger partial charge in [0, 0.05) is 18.1 Å². The Morgan fingerprint density at radius 3 is 2.81 bits per heavy atom. The summed E-state index contributed by atoms with van der Waals surface area (Å²) in [6.07, 6.45) is 4.42. The fraction of sp³-hybridized carbons (Fsp3) is 0.562. The summed E-state index contributed by atoms with van der Waals surface area (Å²) in [5.74, 6) is 0.0774. The second-order valence-corrected chi connectivity index (χ2v) is 6.41. The number of rotatable bonds is 4. The number of nitrogens with zero attached hydrogens (tertiary/aromatic N) is 1. The van der Waals surface area contributed by atoms with Crippen molar-refractivity contribution in [3.05, 3.63) is 29.3 Å². The number of benzene rings is 1. The van der Waals surface area contributed by atoms with Crippen LogP contribution in [0.3, 0.4) is 0 Å². The Hall–Kier alpha value is -1.26. The van der Waals surface area contributed by atoms with Crippen LogP contribution >= 0.6 is 11.6 Å². The minimum Gasteiger partial charge on any atom is -0.489 e. The molecule has 0 radical (unpaired) electrons. The van der Waals surface area contributed by atoms with Crippen LogP contribution in [0.1, 0.15) is 32.1 Å². The monoisotopic (exact) mass is 309 g/mol. The van der Waals surface area contributed by atoms with Gasteiger partial charge in [0.25, 0.3) is 0 Å². The normalized spacial score (nSPS) is 25.1. The van der Waals surface area contributed by atoms with Gasteiger partial charge in [-0.15, -0.1) is 0 Å². The minimum absolute atomic E-state index is 0.0419. The maximum absolute atomic E-state index is 11.7. The van der Waals surface area contributed by atoms with Crippen LogP contribution < -0.4 is 4.74 Å². The van der Waals surface area contributed by atoms with Gasteiger partial charge in [-0.2, -0.15) is 0 Å². The summed E-state index contributed by atoms with van der Waals surface area (Å²) in [5, 5.41) is 10.3. The molecule has 5 heteroatoms.